The Morgan fingerprint density at radius 1 is 0.821 bits per heavy atom. The SMILES string of the molecule is CCOCCOCCOCCOCCOCCCc1ccc(C)cc1[N+](=O)[O-]. The summed E-state index contributed by atoms with van der Waals surface area (Å²) in [5.41, 5.74) is 1.82. The van der Waals surface area contributed by atoms with Crippen LogP contribution in [0.15, 0.2) is 18.2 Å². The Bertz CT molecular complexity index is 539. The zero-order valence-electron chi connectivity index (χ0n) is 17.0. The summed E-state index contributed by atoms with van der Waals surface area (Å²) in [7, 11) is 0. The second-order valence-electron chi connectivity index (χ2n) is 6.14. The van der Waals surface area contributed by atoms with E-state index in [0.29, 0.717) is 72.5 Å². The van der Waals surface area contributed by atoms with Gasteiger partial charge in [0.2, 0.25) is 0 Å². The zero-order valence-corrected chi connectivity index (χ0v) is 17.0. The highest BCUT2D eigenvalue weighted by Gasteiger charge is 2.12. The molecule has 8 heteroatoms. The maximum absolute atomic E-state index is 11.1. The van der Waals surface area contributed by atoms with E-state index in [4.69, 9.17) is 23.7 Å². The summed E-state index contributed by atoms with van der Waals surface area (Å²) in [5.74, 6) is 0. The minimum atomic E-state index is -0.327. The van der Waals surface area contributed by atoms with Crippen LogP contribution < -0.4 is 0 Å². The third-order valence-corrected chi connectivity index (χ3v) is 3.86. The van der Waals surface area contributed by atoms with Gasteiger partial charge < -0.3 is 23.7 Å². The molecule has 1 aromatic carbocycles. The number of ether oxygens (including phenoxy) is 5. The smallest absolute Gasteiger partial charge is 0.272 e. The molecule has 0 N–H and O–H groups in total. The van der Waals surface area contributed by atoms with Crippen LogP contribution in [0, 0.1) is 17.0 Å². The van der Waals surface area contributed by atoms with Gasteiger partial charge >= 0.3 is 0 Å². The van der Waals surface area contributed by atoms with Gasteiger partial charge in [0, 0.05) is 24.8 Å². The number of hydrogen-bond donors (Lipinski definition) is 0. The Hall–Kier alpha value is -1.58. The highest BCUT2D eigenvalue weighted by molar-refractivity contribution is 5.43. The molecule has 0 bridgehead atoms. The van der Waals surface area contributed by atoms with Crippen LogP contribution in [-0.4, -0.2) is 71.0 Å². The van der Waals surface area contributed by atoms with Gasteiger partial charge in [0.25, 0.3) is 5.69 Å². The molecule has 1 rings (SSSR count). The second kappa shape index (κ2) is 16.4. The van der Waals surface area contributed by atoms with Gasteiger partial charge in [-0.05, 0) is 32.3 Å². The summed E-state index contributed by atoms with van der Waals surface area (Å²) in [6.07, 6.45) is 1.36. The van der Waals surface area contributed by atoms with Crippen molar-refractivity contribution in [3.05, 3.63) is 39.4 Å². The van der Waals surface area contributed by atoms with Crippen LogP contribution in [-0.2, 0) is 30.1 Å². The van der Waals surface area contributed by atoms with Crippen molar-refractivity contribution < 1.29 is 28.6 Å². The molecular formula is C20H33NO7. The molecule has 0 saturated heterocycles. The molecular weight excluding hydrogens is 366 g/mol. The van der Waals surface area contributed by atoms with Crippen molar-refractivity contribution in [1.82, 2.24) is 0 Å². The molecule has 0 aromatic heterocycles. The van der Waals surface area contributed by atoms with E-state index in [2.05, 4.69) is 0 Å². The number of aryl methyl sites for hydroxylation is 2. The van der Waals surface area contributed by atoms with Crippen LogP contribution in [0.5, 0.6) is 0 Å². The normalized spacial score (nSPS) is 11.1. The van der Waals surface area contributed by atoms with Crippen molar-refractivity contribution >= 4 is 5.69 Å². The Morgan fingerprint density at radius 3 is 1.82 bits per heavy atom. The van der Waals surface area contributed by atoms with E-state index < -0.39 is 0 Å². The van der Waals surface area contributed by atoms with Gasteiger partial charge in [0.05, 0.1) is 57.8 Å². The minimum absolute atomic E-state index is 0.183. The first-order valence-corrected chi connectivity index (χ1v) is 9.77. The van der Waals surface area contributed by atoms with Gasteiger partial charge in [-0.1, -0.05) is 12.1 Å². The van der Waals surface area contributed by atoms with E-state index in [-0.39, 0.29) is 10.6 Å². The molecule has 0 fully saturated rings. The average molecular weight is 399 g/mol. The highest BCUT2D eigenvalue weighted by atomic mass is 16.6. The molecule has 0 radical (unpaired) electrons. The van der Waals surface area contributed by atoms with Crippen LogP contribution in [0.4, 0.5) is 5.69 Å². The summed E-state index contributed by atoms with van der Waals surface area (Å²) >= 11 is 0. The Balaban J connectivity index is 1.90. The Labute approximate surface area is 167 Å². The van der Waals surface area contributed by atoms with E-state index in [1.54, 1.807) is 6.07 Å². The van der Waals surface area contributed by atoms with Crippen LogP contribution in [0.25, 0.3) is 0 Å². The molecule has 0 amide bonds. The number of nitro groups is 1. The van der Waals surface area contributed by atoms with Crippen LogP contribution in [0.3, 0.4) is 0 Å². The van der Waals surface area contributed by atoms with Crippen molar-refractivity contribution in [1.29, 1.82) is 0 Å². The molecule has 0 aliphatic carbocycles. The van der Waals surface area contributed by atoms with E-state index in [0.717, 1.165) is 17.5 Å². The molecule has 0 unspecified atom stereocenters. The molecule has 0 aliphatic heterocycles. The molecule has 8 nitrogen and oxygen atoms in total. The van der Waals surface area contributed by atoms with Crippen molar-refractivity contribution in [2.75, 3.05) is 66.1 Å². The van der Waals surface area contributed by atoms with E-state index >= 15 is 0 Å². The van der Waals surface area contributed by atoms with Gasteiger partial charge in [-0.15, -0.1) is 0 Å². The maximum atomic E-state index is 11.1. The molecule has 0 aliphatic rings. The molecule has 0 saturated carbocycles. The number of benzene rings is 1. The third-order valence-electron chi connectivity index (χ3n) is 3.86. The first-order valence-electron chi connectivity index (χ1n) is 9.77. The molecule has 160 valence electrons. The minimum Gasteiger partial charge on any atom is -0.379 e. The zero-order chi connectivity index (χ0) is 20.5. The molecule has 1 aromatic rings. The van der Waals surface area contributed by atoms with Crippen molar-refractivity contribution in [3.8, 4) is 0 Å². The van der Waals surface area contributed by atoms with Gasteiger partial charge in [-0.25, -0.2) is 0 Å². The molecule has 0 spiro atoms. The summed E-state index contributed by atoms with van der Waals surface area (Å²) in [6.45, 7) is 9.37. The van der Waals surface area contributed by atoms with Crippen molar-refractivity contribution in [3.63, 3.8) is 0 Å². The van der Waals surface area contributed by atoms with Crippen LogP contribution in [0.1, 0.15) is 24.5 Å². The maximum Gasteiger partial charge on any atom is 0.272 e. The van der Waals surface area contributed by atoms with Gasteiger partial charge in [0.1, 0.15) is 0 Å². The molecule has 0 heterocycles. The van der Waals surface area contributed by atoms with Gasteiger partial charge in [-0.2, -0.15) is 0 Å². The lowest BCUT2D eigenvalue weighted by atomic mass is 10.1. The second-order valence-corrected chi connectivity index (χ2v) is 6.14. The van der Waals surface area contributed by atoms with Gasteiger partial charge in [0.15, 0.2) is 0 Å². The lowest BCUT2D eigenvalue weighted by Crippen LogP contribution is -2.13. The van der Waals surface area contributed by atoms with Crippen molar-refractivity contribution in [2.24, 2.45) is 0 Å². The first-order chi connectivity index (χ1) is 13.6. The molecule has 28 heavy (non-hydrogen) atoms. The average Bonchev–Trinajstić information content (AvgIpc) is 2.68. The van der Waals surface area contributed by atoms with E-state index in [9.17, 15) is 10.1 Å². The standard InChI is InChI=1S/C20H33NO7/c1-3-24-9-10-26-13-14-28-16-15-27-12-11-25-8-4-5-19-7-6-18(2)17-20(19)21(22)23/h6-7,17H,3-5,8-16H2,1-2H3. The first kappa shape index (κ1) is 24.5. The largest absolute Gasteiger partial charge is 0.379 e. The summed E-state index contributed by atoms with van der Waals surface area (Å²) in [6, 6.07) is 5.33. The lowest BCUT2D eigenvalue weighted by molar-refractivity contribution is -0.385. The van der Waals surface area contributed by atoms with Gasteiger partial charge in [-0.3, -0.25) is 10.1 Å². The Morgan fingerprint density at radius 2 is 1.32 bits per heavy atom. The van der Waals surface area contributed by atoms with E-state index in [1.807, 2.05) is 26.0 Å². The number of rotatable bonds is 18. The molecule has 0 atom stereocenters. The number of nitro benzene ring substituents is 1. The van der Waals surface area contributed by atoms with E-state index in [1.165, 1.54) is 0 Å². The summed E-state index contributed by atoms with van der Waals surface area (Å²) in [5, 5.41) is 11.1. The quantitative estimate of drug-likeness (QED) is 0.213. The monoisotopic (exact) mass is 399 g/mol. The number of nitrogens with zero attached hydrogens (tertiary/aromatic N) is 1. The van der Waals surface area contributed by atoms with Crippen molar-refractivity contribution in [2.45, 2.75) is 26.7 Å². The Kier molecular flexibility index (Phi) is 14.3. The number of hydrogen-bond acceptors (Lipinski definition) is 7. The predicted octanol–water partition coefficient (Wildman–Crippen LogP) is 2.94. The predicted molar refractivity (Wildman–Crippen MR) is 106 cm³/mol. The highest BCUT2D eigenvalue weighted by Crippen LogP contribution is 2.21. The fourth-order valence-corrected chi connectivity index (χ4v) is 2.44. The fourth-order valence-electron chi connectivity index (χ4n) is 2.44. The third kappa shape index (κ3) is 12.0. The van der Waals surface area contributed by atoms with Crippen LogP contribution in [0.2, 0.25) is 0 Å². The summed E-state index contributed by atoms with van der Waals surface area (Å²) < 4.78 is 26.8. The lowest BCUT2D eigenvalue weighted by Gasteiger charge is -2.08. The summed E-state index contributed by atoms with van der Waals surface area (Å²) in [4.78, 5) is 10.8. The topological polar surface area (TPSA) is 89.3 Å². The fraction of sp³-hybridized carbons (Fsp3) is 0.700. The van der Waals surface area contributed by atoms with Crippen LogP contribution >= 0.6 is 0 Å².